The van der Waals surface area contributed by atoms with Crippen molar-refractivity contribution < 1.29 is 17.9 Å². The topological polar surface area (TPSA) is 9.23 Å². The molecule has 0 saturated heterocycles. The van der Waals surface area contributed by atoms with Crippen molar-refractivity contribution in [2.45, 2.75) is 64.4 Å². The van der Waals surface area contributed by atoms with Gasteiger partial charge in [-0.3, -0.25) is 0 Å². The Bertz CT molecular complexity index is 817. The molecule has 1 nitrogen and oxygen atoms in total. The second-order valence-electron chi connectivity index (χ2n) is 8.76. The first kappa shape index (κ1) is 20.3. The molecule has 2 saturated carbocycles. The third-order valence-electron chi connectivity index (χ3n) is 7.15. The van der Waals surface area contributed by atoms with Gasteiger partial charge in [-0.1, -0.05) is 44.0 Å². The highest BCUT2D eigenvalue weighted by Crippen LogP contribution is 2.48. The summed E-state index contributed by atoms with van der Waals surface area (Å²) in [6.07, 6.45) is 8.95. The lowest BCUT2D eigenvalue weighted by Gasteiger charge is -2.42. The summed E-state index contributed by atoms with van der Waals surface area (Å²) in [5, 5.41) is 0. The summed E-state index contributed by atoms with van der Waals surface area (Å²) in [7, 11) is 0. The Hall–Kier alpha value is -1.97. The number of hydrogen-bond acceptors (Lipinski definition) is 1. The Morgan fingerprint density at radius 2 is 1.66 bits per heavy atom. The van der Waals surface area contributed by atoms with E-state index in [2.05, 4.69) is 11.7 Å². The molecule has 29 heavy (non-hydrogen) atoms. The highest BCUT2D eigenvalue weighted by atomic mass is 19.3. The maximum atomic E-state index is 14.9. The van der Waals surface area contributed by atoms with E-state index in [1.165, 1.54) is 50.7 Å². The molecule has 0 spiro atoms. The van der Waals surface area contributed by atoms with Gasteiger partial charge in [0.2, 0.25) is 0 Å². The van der Waals surface area contributed by atoms with Crippen LogP contribution in [0, 0.1) is 23.6 Å². The molecule has 0 radical (unpaired) electrons. The number of halogens is 3. The number of alkyl halides is 2. The molecular formula is C25H29F3O. The van der Waals surface area contributed by atoms with Gasteiger partial charge in [-0.2, -0.15) is 8.78 Å². The van der Waals surface area contributed by atoms with Crippen LogP contribution in [0.4, 0.5) is 13.2 Å². The summed E-state index contributed by atoms with van der Waals surface area (Å²) in [5.74, 6) is 2.84. The molecule has 2 fully saturated rings. The van der Waals surface area contributed by atoms with E-state index in [0.717, 1.165) is 29.7 Å². The minimum atomic E-state index is -2.86. The molecule has 156 valence electrons. The SMILES string of the molecule is CCC1CC[C@@H]2C[C@H](c3ccc(-c4ccc(OC(F)F)cc4)c(F)c3)CC[C@@H]2C1. The second-order valence-corrected chi connectivity index (χ2v) is 8.76. The molecule has 2 aromatic rings. The Kier molecular flexibility index (Phi) is 6.17. The molecule has 4 heteroatoms. The lowest BCUT2D eigenvalue weighted by Crippen LogP contribution is -2.30. The summed E-state index contributed by atoms with van der Waals surface area (Å²) in [4.78, 5) is 0. The fraction of sp³-hybridized carbons (Fsp3) is 0.520. The second kappa shape index (κ2) is 8.81. The smallest absolute Gasteiger partial charge is 0.387 e. The lowest BCUT2D eigenvalue weighted by molar-refractivity contribution is -0.0498. The predicted octanol–water partition coefficient (Wildman–Crippen LogP) is 7.80. The average Bonchev–Trinajstić information content (AvgIpc) is 2.73. The Labute approximate surface area is 171 Å². The van der Waals surface area contributed by atoms with Crippen molar-refractivity contribution in [2.75, 3.05) is 0 Å². The van der Waals surface area contributed by atoms with Crippen molar-refractivity contribution in [2.24, 2.45) is 17.8 Å². The van der Waals surface area contributed by atoms with Gasteiger partial charge in [0.05, 0.1) is 0 Å². The highest BCUT2D eigenvalue weighted by Gasteiger charge is 2.35. The molecule has 0 N–H and O–H groups in total. The molecule has 0 heterocycles. The van der Waals surface area contributed by atoms with E-state index in [0.29, 0.717) is 17.0 Å². The Balaban J connectivity index is 1.45. The molecular weight excluding hydrogens is 373 g/mol. The van der Waals surface area contributed by atoms with Crippen molar-refractivity contribution in [3.8, 4) is 16.9 Å². The van der Waals surface area contributed by atoms with Crippen molar-refractivity contribution in [1.29, 1.82) is 0 Å². The van der Waals surface area contributed by atoms with Crippen molar-refractivity contribution in [3.05, 3.63) is 53.8 Å². The zero-order valence-electron chi connectivity index (χ0n) is 16.9. The summed E-state index contributed by atoms with van der Waals surface area (Å²) < 4.78 is 43.8. The summed E-state index contributed by atoms with van der Waals surface area (Å²) in [6, 6.07) is 11.7. The van der Waals surface area contributed by atoms with Gasteiger partial charge in [0, 0.05) is 5.56 Å². The van der Waals surface area contributed by atoms with E-state index in [1.807, 2.05) is 12.1 Å². The molecule has 2 aromatic carbocycles. The van der Waals surface area contributed by atoms with Gasteiger partial charge < -0.3 is 4.74 Å². The quantitative estimate of drug-likeness (QED) is 0.496. The van der Waals surface area contributed by atoms with Crippen molar-refractivity contribution in [1.82, 2.24) is 0 Å². The average molecular weight is 403 g/mol. The fourth-order valence-corrected chi connectivity index (χ4v) is 5.50. The third kappa shape index (κ3) is 4.62. The van der Waals surface area contributed by atoms with Crippen LogP contribution in [-0.4, -0.2) is 6.61 Å². The van der Waals surface area contributed by atoms with E-state index in [1.54, 1.807) is 18.2 Å². The first-order valence-electron chi connectivity index (χ1n) is 10.9. The predicted molar refractivity (Wildman–Crippen MR) is 110 cm³/mol. The van der Waals surface area contributed by atoms with E-state index in [4.69, 9.17) is 0 Å². The molecule has 4 atom stereocenters. The zero-order chi connectivity index (χ0) is 20.4. The highest BCUT2D eigenvalue weighted by molar-refractivity contribution is 5.65. The monoisotopic (exact) mass is 402 g/mol. The fourth-order valence-electron chi connectivity index (χ4n) is 5.50. The van der Waals surface area contributed by atoms with Gasteiger partial charge in [-0.25, -0.2) is 4.39 Å². The van der Waals surface area contributed by atoms with Gasteiger partial charge in [0.15, 0.2) is 0 Å². The van der Waals surface area contributed by atoms with Gasteiger partial charge in [0.1, 0.15) is 11.6 Å². The van der Waals surface area contributed by atoms with Gasteiger partial charge in [-0.05, 0) is 85.1 Å². The van der Waals surface area contributed by atoms with Crippen LogP contribution in [0.2, 0.25) is 0 Å². The molecule has 0 aromatic heterocycles. The lowest BCUT2D eigenvalue weighted by atomic mass is 9.63. The zero-order valence-corrected chi connectivity index (χ0v) is 16.9. The van der Waals surface area contributed by atoms with Crippen LogP contribution in [0.1, 0.15) is 63.4 Å². The number of benzene rings is 2. The Morgan fingerprint density at radius 3 is 2.34 bits per heavy atom. The van der Waals surface area contributed by atoms with Crippen molar-refractivity contribution in [3.63, 3.8) is 0 Å². The Morgan fingerprint density at radius 1 is 0.931 bits per heavy atom. The van der Waals surface area contributed by atoms with Gasteiger partial charge in [-0.15, -0.1) is 0 Å². The first-order valence-corrected chi connectivity index (χ1v) is 10.9. The molecule has 0 bridgehead atoms. The van der Waals surface area contributed by atoms with Gasteiger partial charge >= 0.3 is 6.61 Å². The minimum absolute atomic E-state index is 0.0790. The van der Waals surface area contributed by atoms with E-state index >= 15 is 0 Å². The number of hydrogen-bond donors (Lipinski definition) is 0. The number of fused-ring (bicyclic) bond motifs is 1. The maximum Gasteiger partial charge on any atom is 0.387 e. The molecule has 2 aliphatic carbocycles. The first-order chi connectivity index (χ1) is 14.0. The summed E-state index contributed by atoms with van der Waals surface area (Å²) >= 11 is 0. The van der Waals surface area contributed by atoms with Crippen LogP contribution in [0.3, 0.4) is 0 Å². The summed E-state index contributed by atoms with van der Waals surface area (Å²) in [5.41, 5.74) is 2.26. The molecule has 0 amide bonds. The number of rotatable bonds is 5. The van der Waals surface area contributed by atoms with Gasteiger partial charge in [0.25, 0.3) is 0 Å². The summed E-state index contributed by atoms with van der Waals surface area (Å²) in [6.45, 7) is -0.552. The standard InChI is InChI=1S/C25H29F3O/c1-2-16-3-4-19-14-20(6-5-18(19)13-16)21-9-12-23(24(26)15-21)17-7-10-22(11-8-17)29-25(27)28/h7-12,15-16,18-20,25H,2-6,13-14H2,1H3/t16?,18-,19-,20-/m1/s1. The van der Waals surface area contributed by atoms with E-state index in [9.17, 15) is 13.2 Å². The van der Waals surface area contributed by atoms with Crippen LogP contribution in [0.5, 0.6) is 5.75 Å². The van der Waals surface area contributed by atoms with E-state index < -0.39 is 6.61 Å². The molecule has 2 aliphatic rings. The molecule has 0 aliphatic heterocycles. The normalized spacial score (nSPS) is 26.9. The van der Waals surface area contributed by atoms with Crippen LogP contribution in [-0.2, 0) is 0 Å². The van der Waals surface area contributed by atoms with E-state index in [-0.39, 0.29) is 11.6 Å². The van der Waals surface area contributed by atoms with Crippen LogP contribution in [0.25, 0.3) is 11.1 Å². The maximum absolute atomic E-state index is 14.9. The largest absolute Gasteiger partial charge is 0.435 e. The molecule has 4 rings (SSSR count). The molecule has 1 unspecified atom stereocenters. The van der Waals surface area contributed by atoms with Crippen molar-refractivity contribution >= 4 is 0 Å². The van der Waals surface area contributed by atoms with Crippen LogP contribution < -0.4 is 4.74 Å². The minimum Gasteiger partial charge on any atom is -0.435 e. The van der Waals surface area contributed by atoms with Crippen LogP contribution >= 0.6 is 0 Å². The number of ether oxygens (including phenoxy) is 1. The van der Waals surface area contributed by atoms with Crippen LogP contribution in [0.15, 0.2) is 42.5 Å². The third-order valence-corrected chi connectivity index (χ3v) is 7.15.